The van der Waals surface area contributed by atoms with Crippen molar-refractivity contribution in [2.75, 3.05) is 18.5 Å². The van der Waals surface area contributed by atoms with Crippen molar-refractivity contribution in [3.63, 3.8) is 0 Å². The molecular formula is C26H30N6O3. The fourth-order valence-corrected chi connectivity index (χ4v) is 3.43. The minimum atomic E-state index is -0.318. The third-order valence-electron chi connectivity index (χ3n) is 4.88. The average molecular weight is 475 g/mol. The van der Waals surface area contributed by atoms with Gasteiger partial charge >= 0.3 is 0 Å². The number of anilines is 2. The van der Waals surface area contributed by atoms with Crippen molar-refractivity contribution < 1.29 is 14.3 Å². The number of ether oxygens (including phenoxy) is 2. The molecule has 0 spiro atoms. The van der Waals surface area contributed by atoms with Crippen LogP contribution in [-0.4, -0.2) is 44.8 Å². The second-order valence-electron chi connectivity index (χ2n) is 9.15. The van der Waals surface area contributed by atoms with Crippen molar-refractivity contribution in [2.24, 2.45) is 0 Å². The lowest BCUT2D eigenvalue weighted by atomic mass is 10.1. The molecule has 2 aromatic carbocycles. The molecule has 0 radical (unpaired) electrons. The van der Waals surface area contributed by atoms with Crippen molar-refractivity contribution in [2.45, 2.75) is 39.7 Å². The Morgan fingerprint density at radius 2 is 1.89 bits per heavy atom. The van der Waals surface area contributed by atoms with Gasteiger partial charge in [-0.15, -0.1) is 0 Å². The third-order valence-corrected chi connectivity index (χ3v) is 4.88. The number of benzene rings is 2. The lowest BCUT2D eigenvalue weighted by Crippen LogP contribution is -2.43. The lowest BCUT2D eigenvalue weighted by molar-refractivity contribution is -0.124. The highest BCUT2D eigenvalue weighted by Crippen LogP contribution is 2.31. The number of aromatic amines is 1. The molecule has 0 aliphatic carbocycles. The lowest BCUT2D eigenvalue weighted by Gasteiger charge is -2.20. The molecule has 4 aromatic rings. The number of amides is 1. The molecule has 4 rings (SSSR count). The Morgan fingerprint density at radius 1 is 1.06 bits per heavy atom. The first-order valence-electron chi connectivity index (χ1n) is 11.6. The Morgan fingerprint density at radius 3 is 2.63 bits per heavy atom. The highest BCUT2D eigenvalue weighted by atomic mass is 16.5. The van der Waals surface area contributed by atoms with Gasteiger partial charge in [-0.3, -0.25) is 9.89 Å². The maximum absolute atomic E-state index is 12.1. The van der Waals surface area contributed by atoms with Crippen LogP contribution in [0.25, 0.3) is 22.3 Å². The smallest absolute Gasteiger partial charge is 0.258 e. The molecular weight excluding hydrogens is 444 g/mol. The van der Waals surface area contributed by atoms with Gasteiger partial charge in [-0.1, -0.05) is 19.1 Å². The van der Waals surface area contributed by atoms with Gasteiger partial charge in [0.25, 0.3) is 5.91 Å². The first-order chi connectivity index (χ1) is 16.8. The van der Waals surface area contributed by atoms with Crippen molar-refractivity contribution in [1.29, 1.82) is 0 Å². The molecule has 0 aliphatic rings. The number of nitrogens with zero attached hydrogens (tertiary/aromatic N) is 3. The van der Waals surface area contributed by atoms with E-state index in [2.05, 4.69) is 27.8 Å². The fourth-order valence-electron chi connectivity index (χ4n) is 3.43. The van der Waals surface area contributed by atoms with E-state index in [-0.39, 0.29) is 18.1 Å². The number of aromatic nitrogens is 4. The molecule has 0 aliphatic heterocycles. The van der Waals surface area contributed by atoms with Crippen molar-refractivity contribution in [1.82, 2.24) is 25.5 Å². The molecule has 3 N–H and O–H groups in total. The monoisotopic (exact) mass is 474 g/mol. The van der Waals surface area contributed by atoms with E-state index in [1.165, 1.54) is 0 Å². The van der Waals surface area contributed by atoms with Crippen LogP contribution in [0.5, 0.6) is 11.5 Å². The number of nitrogens with one attached hydrogen (secondary N) is 3. The van der Waals surface area contributed by atoms with Crippen molar-refractivity contribution in [3.05, 3.63) is 54.9 Å². The topological polar surface area (TPSA) is 114 Å². The molecule has 182 valence electrons. The zero-order valence-corrected chi connectivity index (χ0v) is 20.4. The molecule has 0 unspecified atom stereocenters. The molecule has 0 saturated carbocycles. The second kappa shape index (κ2) is 10.4. The van der Waals surface area contributed by atoms with Crippen LogP contribution in [-0.2, 0) is 4.79 Å². The van der Waals surface area contributed by atoms with Crippen LogP contribution < -0.4 is 20.1 Å². The van der Waals surface area contributed by atoms with Gasteiger partial charge in [0, 0.05) is 22.7 Å². The predicted molar refractivity (Wildman–Crippen MR) is 136 cm³/mol. The zero-order valence-electron chi connectivity index (χ0n) is 20.4. The van der Waals surface area contributed by atoms with Crippen molar-refractivity contribution >= 4 is 28.3 Å². The van der Waals surface area contributed by atoms with Crippen LogP contribution in [0.1, 0.15) is 34.1 Å². The van der Waals surface area contributed by atoms with E-state index in [9.17, 15) is 4.79 Å². The molecule has 0 fully saturated rings. The SMILES string of the molecule is CCCOc1ccc2nc(-c3cccc(OCC(=O)NC(C)(C)C)c3)nc(Nc3cn[nH]c3)c2c1. The van der Waals surface area contributed by atoms with Gasteiger partial charge in [0.2, 0.25) is 0 Å². The summed E-state index contributed by atoms with van der Waals surface area (Å²) in [5, 5.41) is 13.8. The van der Waals surface area contributed by atoms with Crippen LogP contribution in [0.15, 0.2) is 54.9 Å². The van der Waals surface area contributed by atoms with E-state index < -0.39 is 0 Å². The van der Waals surface area contributed by atoms with Crippen molar-refractivity contribution in [3.8, 4) is 22.9 Å². The number of H-pyrrole nitrogens is 1. The summed E-state index contributed by atoms with van der Waals surface area (Å²) in [5.74, 6) is 2.29. The van der Waals surface area contributed by atoms with Crippen LogP contribution in [0.4, 0.5) is 11.5 Å². The van der Waals surface area contributed by atoms with Crippen LogP contribution in [0, 0.1) is 0 Å². The Hall–Kier alpha value is -4.14. The number of fused-ring (bicyclic) bond motifs is 1. The van der Waals surface area contributed by atoms with Gasteiger partial charge in [0.15, 0.2) is 12.4 Å². The van der Waals surface area contributed by atoms with Gasteiger partial charge in [-0.05, 0) is 57.5 Å². The van der Waals surface area contributed by atoms with E-state index in [1.807, 2.05) is 57.2 Å². The number of hydrogen-bond donors (Lipinski definition) is 3. The first-order valence-corrected chi connectivity index (χ1v) is 11.6. The fraction of sp³-hybridized carbons (Fsp3) is 0.308. The van der Waals surface area contributed by atoms with Gasteiger partial charge in [-0.2, -0.15) is 5.10 Å². The molecule has 0 bridgehead atoms. The molecule has 1 amide bonds. The van der Waals surface area contributed by atoms with E-state index >= 15 is 0 Å². The van der Waals surface area contributed by atoms with Gasteiger partial charge in [0.05, 0.1) is 24.0 Å². The van der Waals surface area contributed by atoms with Gasteiger partial charge < -0.3 is 20.1 Å². The molecule has 35 heavy (non-hydrogen) atoms. The molecule has 2 aromatic heterocycles. The summed E-state index contributed by atoms with van der Waals surface area (Å²) in [5.41, 5.74) is 1.99. The number of rotatable bonds is 9. The normalized spacial score (nSPS) is 11.3. The molecule has 9 heteroatoms. The molecule has 9 nitrogen and oxygen atoms in total. The minimum absolute atomic E-state index is 0.0763. The number of carbonyl (C=O) groups is 1. The highest BCUT2D eigenvalue weighted by Gasteiger charge is 2.15. The van der Waals surface area contributed by atoms with E-state index in [0.29, 0.717) is 24.0 Å². The summed E-state index contributed by atoms with van der Waals surface area (Å²) >= 11 is 0. The Labute approximate surface area is 204 Å². The van der Waals surface area contributed by atoms with Crippen LogP contribution >= 0.6 is 0 Å². The van der Waals surface area contributed by atoms with Gasteiger partial charge in [-0.25, -0.2) is 9.97 Å². The third kappa shape index (κ3) is 6.47. The Kier molecular flexibility index (Phi) is 7.14. The number of hydrogen-bond acceptors (Lipinski definition) is 7. The number of carbonyl (C=O) groups excluding carboxylic acids is 1. The maximum Gasteiger partial charge on any atom is 0.258 e. The van der Waals surface area contributed by atoms with E-state index in [4.69, 9.17) is 19.4 Å². The summed E-state index contributed by atoms with van der Waals surface area (Å²) in [4.78, 5) is 21.7. The van der Waals surface area contributed by atoms with Crippen LogP contribution in [0.2, 0.25) is 0 Å². The molecule has 2 heterocycles. The van der Waals surface area contributed by atoms with E-state index in [0.717, 1.165) is 34.3 Å². The van der Waals surface area contributed by atoms with Gasteiger partial charge in [0.1, 0.15) is 17.3 Å². The predicted octanol–water partition coefficient (Wildman–Crippen LogP) is 4.85. The summed E-state index contributed by atoms with van der Waals surface area (Å²) in [6.45, 7) is 8.41. The summed E-state index contributed by atoms with van der Waals surface area (Å²) in [6, 6.07) is 13.1. The summed E-state index contributed by atoms with van der Waals surface area (Å²) < 4.78 is 11.5. The highest BCUT2D eigenvalue weighted by molar-refractivity contribution is 5.93. The largest absolute Gasteiger partial charge is 0.494 e. The van der Waals surface area contributed by atoms with E-state index in [1.54, 1.807) is 18.5 Å². The molecule has 0 atom stereocenters. The first kappa shape index (κ1) is 24.0. The summed E-state index contributed by atoms with van der Waals surface area (Å²) in [7, 11) is 0. The Bertz CT molecular complexity index is 1300. The second-order valence-corrected chi connectivity index (χ2v) is 9.15. The maximum atomic E-state index is 12.1. The van der Waals surface area contributed by atoms with Crippen LogP contribution in [0.3, 0.4) is 0 Å². The average Bonchev–Trinajstić information content (AvgIpc) is 3.33. The standard InChI is InChI=1S/C26H30N6O3/c1-5-11-34-20-9-10-22-21(13-20)25(29-18-14-27-28-15-18)31-24(30-22)17-7-6-8-19(12-17)35-16-23(33)32-26(2,3)4/h6-10,12-15H,5,11,16H2,1-4H3,(H,27,28)(H,32,33)(H,29,30,31). The Balaban J connectivity index is 1.64. The molecule has 0 saturated heterocycles. The minimum Gasteiger partial charge on any atom is -0.494 e. The zero-order chi connectivity index (χ0) is 24.8. The summed E-state index contributed by atoms with van der Waals surface area (Å²) in [6.07, 6.45) is 4.36. The quantitative estimate of drug-likeness (QED) is 0.318.